The van der Waals surface area contributed by atoms with Gasteiger partial charge in [0.15, 0.2) is 11.6 Å². The molecule has 0 radical (unpaired) electrons. The van der Waals surface area contributed by atoms with Crippen LogP contribution in [0.15, 0.2) is 18.2 Å². The van der Waals surface area contributed by atoms with E-state index in [0.29, 0.717) is 5.82 Å². The first kappa shape index (κ1) is 13.7. The molecule has 1 aromatic carbocycles. The second-order valence-corrected chi connectivity index (χ2v) is 5.87. The number of aliphatic hydroxyl groups excluding tert-OH is 1. The Bertz CT molecular complexity index is 574. The van der Waals surface area contributed by atoms with Crippen molar-refractivity contribution in [3.8, 4) is 11.4 Å². The summed E-state index contributed by atoms with van der Waals surface area (Å²) in [6, 6.07) is 6.18. The lowest BCUT2D eigenvalue weighted by atomic mass is 10.0. The van der Waals surface area contributed by atoms with Gasteiger partial charge in [-0.15, -0.1) is 10.2 Å². The Morgan fingerprint density at radius 2 is 1.68 bits per heavy atom. The SMILES string of the molecule is Cc1cccc(C)c1-c1nnc(CO)n1C(C)(C)C. The van der Waals surface area contributed by atoms with Crippen molar-refractivity contribution in [3.05, 3.63) is 35.2 Å². The largest absolute Gasteiger partial charge is 0.388 e. The maximum Gasteiger partial charge on any atom is 0.165 e. The van der Waals surface area contributed by atoms with E-state index in [2.05, 4.69) is 56.9 Å². The number of aromatic nitrogens is 3. The zero-order valence-electron chi connectivity index (χ0n) is 12.2. The maximum atomic E-state index is 9.46. The molecule has 1 aromatic heterocycles. The van der Waals surface area contributed by atoms with E-state index < -0.39 is 0 Å². The van der Waals surface area contributed by atoms with Crippen LogP contribution in [0.1, 0.15) is 37.7 Å². The number of nitrogens with zero attached hydrogens (tertiary/aromatic N) is 3. The average Bonchev–Trinajstić information content (AvgIpc) is 2.72. The predicted octanol–water partition coefficient (Wildman–Crippen LogP) is 2.81. The first-order valence-electron chi connectivity index (χ1n) is 6.48. The molecule has 1 heterocycles. The summed E-state index contributed by atoms with van der Waals surface area (Å²) in [7, 11) is 0. The van der Waals surface area contributed by atoms with E-state index in [1.807, 2.05) is 10.6 Å². The van der Waals surface area contributed by atoms with E-state index in [0.717, 1.165) is 11.4 Å². The third-order valence-electron chi connectivity index (χ3n) is 3.25. The van der Waals surface area contributed by atoms with Crippen LogP contribution in [0, 0.1) is 13.8 Å². The molecule has 0 unspecified atom stereocenters. The minimum atomic E-state index is -0.175. The zero-order valence-corrected chi connectivity index (χ0v) is 12.2. The summed E-state index contributed by atoms with van der Waals surface area (Å²) < 4.78 is 2.02. The third-order valence-corrected chi connectivity index (χ3v) is 3.25. The Morgan fingerprint density at radius 1 is 1.11 bits per heavy atom. The lowest BCUT2D eigenvalue weighted by Gasteiger charge is -2.25. The monoisotopic (exact) mass is 259 g/mol. The maximum absolute atomic E-state index is 9.46. The van der Waals surface area contributed by atoms with Gasteiger partial charge in [-0.05, 0) is 45.7 Å². The van der Waals surface area contributed by atoms with Crippen LogP contribution in [0.5, 0.6) is 0 Å². The molecular formula is C15H21N3O. The van der Waals surface area contributed by atoms with Crippen LogP contribution in [0.3, 0.4) is 0 Å². The Hall–Kier alpha value is -1.68. The van der Waals surface area contributed by atoms with Crippen molar-refractivity contribution in [3.63, 3.8) is 0 Å². The van der Waals surface area contributed by atoms with Gasteiger partial charge in [-0.2, -0.15) is 0 Å². The summed E-state index contributed by atoms with van der Waals surface area (Å²) in [6.07, 6.45) is 0. The highest BCUT2D eigenvalue weighted by atomic mass is 16.3. The van der Waals surface area contributed by atoms with Gasteiger partial charge in [0, 0.05) is 11.1 Å². The van der Waals surface area contributed by atoms with Crippen molar-refractivity contribution < 1.29 is 5.11 Å². The minimum Gasteiger partial charge on any atom is -0.388 e. The number of hydrogen-bond acceptors (Lipinski definition) is 3. The van der Waals surface area contributed by atoms with E-state index in [-0.39, 0.29) is 12.1 Å². The van der Waals surface area contributed by atoms with Gasteiger partial charge < -0.3 is 9.67 Å². The Balaban J connectivity index is 2.74. The van der Waals surface area contributed by atoms with Crippen LogP contribution in [0.25, 0.3) is 11.4 Å². The molecule has 1 N–H and O–H groups in total. The fraction of sp³-hybridized carbons (Fsp3) is 0.467. The molecular weight excluding hydrogens is 238 g/mol. The second kappa shape index (κ2) is 4.78. The molecule has 0 aliphatic rings. The van der Waals surface area contributed by atoms with Crippen molar-refractivity contribution >= 4 is 0 Å². The lowest BCUT2D eigenvalue weighted by Crippen LogP contribution is -2.25. The number of aryl methyl sites for hydroxylation is 2. The molecule has 2 rings (SSSR count). The first-order valence-corrected chi connectivity index (χ1v) is 6.48. The van der Waals surface area contributed by atoms with Gasteiger partial charge in [-0.1, -0.05) is 18.2 Å². The van der Waals surface area contributed by atoms with Crippen LogP contribution in [-0.2, 0) is 12.1 Å². The van der Waals surface area contributed by atoms with E-state index in [1.165, 1.54) is 11.1 Å². The van der Waals surface area contributed by atoms with Gasteiger partial charge in [0.1, 0.15) is 6.61 Å². The molecule has 4 nitrogen and oxygen atoms in total. The molecule has 19 heavy (non-hydrogen) atoms. The van der Waals surface area contributed by atoms with Crippen LogP contribution >= 0.6 is 0 Å². The van der Waals surface area contributed by atoms with Crippen molar-refractivity contribution in [2.45, 2.75) is 46.8 Å². The number of rotatable bonds is 2. The normalized spacial score (nSPS) is 11.9. The zero-order chi connectivity index (χ0) is 14.2. The van der Waals surface area contributed by atoms with E-state index >= 15 is 0 Å². The van der Waals surface area contributed by atoms with Crippen LogP contribution in [0.4, 0.5) is 0 Å². The molecule has 0 aliphatic heterocycles. The summed E-state index contributed by atoms with van der Waals surface area (Å²) in [5.41, 5.74) is 3.26. The fourth-order valence-electron chi connectivity index (χ4n) is 2.45. The smallest absolute Gasteiger partial charge is 0.165 e. The molecule has 0 spiro atoms. The minimum absolute atomic E-state index is 0.102. The highest BCUT2D eigenvalue weighted by molar-refractivity contribution is 5.65. The lowest BCUT2D eigenvalue weighted by molar-refractivity contribution is 0.250. The van der Waals surface area contributed by atoms with Gasteiger partial charge in [-0.3, -0.25) is 0 Å². The van der Waals surface area contributed by atoms with E-state index in [4.69, 9.17) is 0 Å². The van der Waals surface area contributed by atoms with E-state index in [1.54, 1.807) is 0 Å². The summed E-state index contributed by atoms with van der Waals surface area (Å²) in [6.45, 7) is 10.3. The number of aliphatic hydroxyl groups is 1. The van der Waals surface area contributed by atoms with Gasteiger partial charge in [0.2, 0.25) is 0 Å². The Kier molecular flexibility index (Phi) is 3.45. The van der Waals surface area contributed by atoms with E-state index in [9.17, 15) is 5.11 Å². The number of benzene rings is 1. The molecule has 2 aromatic rings. The van der Waals surface area contributed by atoms with Gasteiger partial charge in [0.05, 0.1) is 0 Å². The fourth-order valence-corrected chi connectivity index (χ4v) is 2.45. The van der Waals surface area contributed by atoms with Gasteiger partial charge in [-0.25, -0.2) is 0 Å². The molecule has 0 saturated carbocycles. The summed E-state index contributed by atoms with van der Waals surface area (Å²) in [5, 5.41) is 17.9. The summed E-state index contributed by atoms with van der Waals surface area (Å²) in [5.74, 6) is 1.43. The number of hydrogen-bond donors (Lipinski definition) is 1. The summed E-state index contributed by atoms with van der Waals surface area (Å²) in [4.78, 5) is 0. The van der Waals surface area contributed by atoms with Crippen LogP contribution < -0.4 is 0 Å². The first-order chi connectivity index (χ1) is 8.86. The summed E-state index contributed by atoms with van der Waals surface area (Å²) >= 11 is 0. The average molecular weight is 259 g/mol. The molecule has 0 bridgehead atoms. The highest BCUT2D eigenvalue weighted by Gasteiger charge is 2.24. The molecule has 0 saturated heterocycles. The standard InChI is InChI=1S/C15H21N3O/c1-10-7-6-8-11(2)13(10)14-17-16-12(9-19)18(14)15(3,4)5/h6-8,19H,9H2,1-5H3. The van der Waals surface area contributed by atoms with Crippen molar-refractivity contribution in [2.24, 2.45) is 0 Å². The molecule has 0 aliphatic carbocycles. The second-order valence-electron chi connectivity index (χ2n) is 5.87. The topological polar surface area (TPSA) is 50.9 Å². The predicted molar refractivity (Wildman–Crippen MR) is 75.9 cm³/mol. The van der Waals surface area contributed by atoms with Crippen molar-refractivity contribution in [2.75, 3.05) is 0 Å². The third kappa shape index (κ3) is 2.40. The molecule has 4 heteroatoms. The van der Waals surface area contributed by atoms with Crippen LogP contribution in [-0.4, -0.2) is 19.9 Å². The van der Waals surface area contributed by atoms with Gasteiger partial charge in [0.25, 0.3) is 0 Å². The quantitative estimate of drug-likeness (QED) is 0.902. The van der Waals surface area contributed by atoms with Crippen LogP contribution in [0.2, 0.25) is 0 Å². The van der Waals surface area contributed by atoms with Gasteiger partial charge >= 0.3 is 0 Å². The molecule has 0 amide bonds. The molecule has 0 atom stereocenters. The van der Waals surface area contributed by atoms with Crippen molar-refractivity contribution in [1.29, 1.82) is 0 Å². The Morgan fingerprint density at radius 3 is 2.16 bits per heavy atom. The van der Waals surface area contributed by atoms with Crippen molar-refractivity contribution in [1.82, 2.24) is 14.8 Å². The molecule has 102 valence electrons. The molecule has 0 fully saturated rings. The Labute approximate surface area is 114 Å². The highest BCUT2D eigenvalue weighted by Crippen LogP contribution is 2.30.